The lowest BCUT2D eigenvalue weighted by atomic mass is 11.0. The highest BCUT2D eigenvalue weighted by Gasteiger charge is 1.64. The van der Waals surface area contributed by atoms with Gasteiger partial charge in [0.15, 0.2) is 4.77 Å². The van der Waals surface area contributed by atoms with Crippen LogP contribution in [-0.4, -0.2) is 9.97 Å². The predicted octanol–water partition coefficient (Wildman–Crippen LogP) is -0.109. The number of imidazole rings is 1. The van der Waals surface area contributed by atoms with E-state index in [2.05, 4.69) is 33.9 Å². The van der Waals surface area contributed by atoms with E-state index in [1.54, 1.807) is 12.4 Å². The van der Waals surface area contributed by atoms with Gasteiger partial charge in [0.1, 0.15) is 0 Å². The average molecular weight is 132 g/mol. The summed E-state index contributed by atoms with van der Waals surface area (Å²) >= 11 is 4.63. The molecular formula is C3H8N4S. The smallest absolute Gasteiger partial charge is 0.174 e. The van der Waals surface area contributed by atoms with Crippen LogP contribution in [0.4, 0.5) is 0 Å². The lowest BCUT2D eigenvalue weighted by molar-refractivity contribution is 1.26. The molecular weight excluding hydrogens is 124 g/mol. The van der Waals surface area contributed by atoms with Crippen molar-refractivity contribution in [2.24, 2.45) is 11.7 Å². The Morgan fingerprint density at radius 1 is 1.25 bits per heavy atom. The van der Waals surface area contributed by atoms with Gasteiger partial charge < -0.3 is 9.97 Å². The van der Waals surface area contributed by atoms with Gasteiger partial charge in [0.25, 0.3) is 0 Å². The van der Waals surface area contributed by atoms with Crippen LogP contribution in [0.25, 0.3) is 0 Å². The van der Waals surface area contributed by atoms with E-state index in [-0.39, 0.29) is 0 Å². The summed E-state index contributed by atoms with van der Waals surface area (Å²) in [6.07, 6.45) is 3.50. The molecule has 46 valence electrons. The standard InChI is InChI=1S/C3H4N2S.H4N2/c6-3-4-1-2-5-3;1-2/h1-2H,(H2,4,5,6);1-2H2. The fraction of sp³-hybridized carbons (Fsp3) is 0. The summed E-state index contributed by atoms with van der Waals surface area (Å²) in [5.74, 6) is 8.00. The number of nitrogens with one attached hydrogen (secondary N) is 2. The van der Waals surface area contributed by atoms with Crippen LogP contribution in [0.3, 0.4) is 0 Å². The lowest BCUT2D eigenvalue weighted by Crippen LogP contribution is -2.02. The largest absolute Gasteiger partial charge is 0.338 e. The predicted molar refractivity (Wildman–Crippen MR) is 34.4 cm³/mol. The molecule has 1 aromatic rings. The fourth-order valence-electron chi connectivity index (χ4n) is 0.276. The van der Waals surface area contributed by atoms with Gasteiger partial charge in [-0.15, -0.1) is 0 Å². The summed E-state index contributed by atoms with van der Waals surface area (Å²) in [6, 6.07) is 0. The number of hydrazine groups is 1. The van der Waals surface area contributed by atoms with Gasteiger partial charge in [-0.05, 0) is 12.2 Å². The van der Waals surface area contributed by atoms with E-state index in [4.69, 9.17) is 0 Å². The summed E-state index contributed by atoms with van der Waals surface area (Å²) in [7, 11) is 0. The first-order valence-corrected chi connectivity index (χ1v) is 2.36. The topological polar surface area (TPSA) is 83.6 Å². The van der Waals surface area contributed by atoms with Crippen LogP contribution >= 0.6 is 12.2 Å². The van der Waals surface area contributed by atoms with Gasteiger partial charge in [-0.3, -0.25) is 11.7 Å². The van der Waals surface area contributed by atoms with Crippen molar-refractivity contribution in [1.82, 2.24) is 9.97 Å². The first-order valence-electron chi connectivity index (χ1n) is 1.95. The molecule has 0 saturated carbocycles. The Kier molecular flexibility index (Phi) is 4.14. The minimum absolute atomic E-state index is 0.676. The fourth-order valence-corrected chi connectivity index (χ4v) is 0.412. The van der Waals surface area contributed by atoms with Gasteiger partial charge in [-0.25, -0.2) is 0 Å². The quantitative estimate of drug-likeness (QED) is 0.226. The average Bonchev–Trinajstić information content (AvgIpc) is 2.24. The lowest BCUT2D eigenvalue weighted by Gasteiger charge is -1.56. The molecule has 1 aromatic heterocycles. The minimum atomic E-state index is 0.676. The third-order valence-electron chi connectivity index (χ3n) is 0.512. The zero-order valence-electron chi connectivity index (χ0n) is 4.22. The summed E-state index contributed by atoms with van der Waals surface area (Å²) in [4.78, 5) is 5.52. The number of aromatic nitrogens is 2. The van der Waals surface area contributed by atoms with E-state index in [0.29, 0.717) is 4.77 Å². The van der Waals surface area contributed by atoms with Gasteiger partial charge in [0.2, 0.25) is 0 Å². The van der Waals surface area contributed by atoms with Crippen molar-refractivity contribution in [2.45, 2.75) is 0 Å². The van der Waals surface area contributed by atoms with Gasteiger partial charge in [-0.1, -0.05) is 0 Å². The van der Waals surface area contributed by atoms with E-state index in [1.165, 1.54) is 0 Å². The molecule has 5 heteroatoms. The van der Waals surface area contributed by atoms with Crippen molar-refractivity contribution in [3.8, 4) is 0 Å². The van der Waals surface area contributed by atoms with Crippen molar-refractivity contribution < 1.29 is 0 Å². The van der Waals surface area contributed by atoms with Crippen LogP contribution < -0.4 is 11.7 Å². The molecule has 8 heavy (non-hydrogen) atoms. The number of hydrogen-bond acceptors (Lipinski definition) is 3. The van der Waals surface area contributed by atoms with E-state index in [1.807, 2.05) is 0 Å². The SMILES string of the molecule is NN.S=c1[nH]cc[nH]1. The second-order valence-corrected chi connectivity index (χ2v) is 1.36. The van der Waals surface area contributed by atoms with E-state index in [9.17, 15) is 0 Å². The van der Waals surface area contributed by atoms with E-state index >= 15 is 0 Å². The highest BCUT2D eigenvalue weighted by atomic mass is 32.1. The zero-order valence-corrected chi connectivity index (χ0v) is 5.03. The van der Waals surface area contributed by atoms with Gasteiger partial charge in [0, 0.05) is 12.4 Å². The number of rotatable bonds is 0. The van der Waals surface area contributed by atoms with Crippen LogP contribution in [0.1, 0.15) is 0 Å². The van der Waals surface area contributed by atoms with E-state index in [0.717, 1.165) is 0 Å². The molecule has 0 radical (unpaired) electrons. The molecule has 0 saturated heterocycles. The maximum atomic E-state index is 4.63. The summed E-state index contributed by atoms with van der Waals surface area (Å²) < 4.78 is 0.676. The Morgan fingerprint density at radius 3 is 1.75 bits per heavy atom. The van der Waals surface area contributed by atoms with Crippen molar-refractivity contribution in [3.05, 3.63) is 17.2 Å². The monoisotopic (exact) mass is 132 g/mol. The van der Waals surface area contributed by atoms with Crippen molar-refractivity contribution in [2.75, 3.05) is 0 Å². The van der Waals surface area contributed by atoms with E-state index < -0.39 is 0 Å². The summed E-state index contributed by atoms with van der Waals surface area (Å²) in [6.45, 7) is 0. The molecule has 0 bridgehead atoms. The Morgan fingerprint density at radius 2 is 1.62 bits per heavy atom. The first-order chi connectivity index (χ1) is 3.89. The molecule has 0 aliphatic carbocycles. The number of aromatic amines is 2. The van der Waals surface area contributed by atoms with Gasteiger partial charge in [-0.2, -0.15) is 0 Å². The molecule has 0 unspecified atom stereocenters. The number of H-pyrrole nitrogens is 2. The molecule has 0 atom stereocenters. The molecule has 0 aromatic carbocycles. The normalized spacial score (nSPS) is 7.25. The highest BCUT2D eigenvalue weighted by Crippen LogP contribution is 1.72. The summed E-state index contributed by atoms with van der Waals surface area (Å²) in [5.41, 5.74) is 0. The van der Waals surface area contributed by atoms with Crippen LogP contribution in [0.15, 0.2) is 12.4 Å². The second-order valence-electron chi connectivity index (χ2n) is 0.951. The summed E-state index contributed by atoms with van der Waals surface area (Å²) in [5, 5.41) is 0. The molecule has 1 rings (SSSR count). The van der Waals surface area contributed by atoms with Crippen molar-refractivity contribution in [3.63, 3.8) is 0 Å². The Bertz CT molecular complexity index is 149. The molecule has 0 fully saturated rings. The van der Waals surface area contributed by atoms with Gasteiger partial charge >= 0.3 is 0 Å². The molecule has 6 N–H and O–H groups in total. The molecule has 0 spiro atoms. The van der Waals surface area contributed by atoms with Crippen LogP contribution in [0.2, 0.25) is 0 Å². The second kappa shape index (κ2) is 4.51. The van der Waals surface area contributed by atoms with Crippen molar-refractivity contribution >= 4 is 12.2 Å². The molecule has 0 aliphatic heterocycles. The number of nitrogens with two attached hydrogens (primary N) is 2. The Balaban J connectivity index is 0.000000222. The first kappa shape index (κ1) is 7.35. The van der Waals surface area contributed by atoms with Crippen LogP contribution in [0.5, 0.6) is 0 Å². The molecule has 4 nitrogen and oxygen atoms in total. The Labute approximate surface area is 51.9 Å². The van der Waals surface area contributed by atoms with Crippen LogP contribution in [0, 0.1) is 4.77 Å². The zero-order chi connectivity index (χ0) is 6.41. The van der Waals surface area contributed by atoms with Crippen molar-refractivity contribution in [1.29, 1.82) is 0 Å². The third kappa shape index (κ3) is 2.51. The minimum Gasteiger partial charge on any atom is -0.338 e. The van der Waals surface area contributed by atoms with Gasteiger partial charge in [0.05, 0.1) is 0 Å². The molecule has 0 aliphatic rings. The number of hydrogen-bond donors (Lipinski definition) is 4. The third-order valence-corrected chi connectivity index (χ3v) is 0.748. The molecule has 1 heterocycles. The van der Waals surface area contributed by atoms with Crippen LogP contribution in [-0.2, 0) is 0 Å². The maximum Gasteiger partial charge on any atom is 0.174 e. The molecule has 0 amide bonds. The Hall–Kier alpha value is -0.650. The maximum absolute atomic E-state index is 4.63. The highest BCUT2D eigenvalue weighted by molar-refractivity contribution is 7.71.